The third kappa shape index (κ3) is 36.9. The van der Waals surface area contributed by atoms with Gasteiger partial charge in [0.2, 0.25) is 0 Å². The summed E-state index contributed by atoms with van der Waals surface area (Å²) in [6.45, 7) is 5.30. The Kier molecular flexibility index (Phi) is 37.6. The molecule has 4 nitrogen and oxygen atoms in total. The molecular weight excluding hydrogens is 556 g/mol. The molecule has 0 bridgehead atoms. The van der Waals surface area contributed by atoms with Gasteiger partial charge in [-0.15, -0.1) is 0 Å². The first-order valence-electron chi connectivity index (χ1n) is 19.6. The van der Waals surface area contributed by atoms with Gasteiger partial charge in [0, 0.05) is 13.0 Å². The first kappa shape index (κ1) is 43.6. The molecule has 45 heavy (non-hydrogen) atoms. The second-order valence-electron chi connectivity index (χ2n) is 13.0. The zero-order valence-corrected chi connectivity index (χ0v) is 30.1. The van der Waals surface area contributed by atoms with Crippen LogP contribution in [0.15, 0.2) is 36.5 Å². The van der Waals surface area contributed by atoms with E-state index < -0.39 is 6.10 Å². The van der Waals surface area contributed by atoms with Crippen LogP contribution in [0.1, 0.15) is 194 Å². The Hall–Kier alpha value is -1.39. The van der Waals surface area contributed by atoms with Gasteiger partial charge in [-0.1, -0.05) is 153 Å². The van der Waals surface area contributed by atoms with Gasteiger partial charge in [0.05, 0.1) is 13.2 Å². The number of aliphatic hydroxyl groups excluding tert-OH is 1. The number of carbonyl (C=O) groups excluding carboxylic acids is 1. The number of ether oxygens (including phenoxy) is 2. The maximum absolute atomic E-state index is 12.2. The van der Waals surface area contributed by atoms with Crippen LogP contribution in [0, 0.1) is 0 Å². The van der Waals surface area contributed by atoms with Crippen LogP contribution in [0.5, 0.6) is 0 Å². The minimum Gasteiger partial charge on any atom is -0.457 e. The minimum absolute atomic E-state index is 0.177. The molecule has 0 radical (unpaired) electrons. The number of hydrogen-bond acceptors (Lipinski definition) is 4. The van der Waals surface area contributed by atoms with E-state index in [0.29, 0.717) is 13.0 Å². The Morgan fingerprint density at radius 2 is 0.933 bits per heavy atom. The number of allylic oxidation sites excluding steroid dienone is 6. The standard InChI is InChI=1S/C41H76O4/c1-3-5-7-9-11-13-15-17-19-21-22-24-26-28-30-32-34-36-41(43)45-40(38-42)39-44-37-35-33-31-29-27-25-23-20-18-16-14-12-10-8-6-4-2/h11,13,17-20,40,42H,3-10,12,14-16,21-39H2,1-2H3/b13-11-,19-17-,20-18-. The van der Waals surface area contributed by atoms with Gasteiger partial charge < -0.3 is 14.6 Å². The molecule has 1 N–H and O–H groups in total. The molecule has 0 rings (SSSR count). The van der Waals surface area contributed by atoms with Crippen molar-refractivity contribution < 1.29 is 19.4 Å². The molecule has 0 spiro atoms. The molecule has 0 aliphatic heterocycles. The predicted molar refractivity (Wildman–Crippen MR) is 196 cm³/mol. The van der Waals surface area contributed by atoms with E-state index in [1.807, 2.05) is 0 Å². The zero-order valence-electron chi connectivity index (χ0n) is 30.1. The molecular formula is C41H76O4. The largest absolute Gasteiger partial charge is 0.457 e. The zero-order chi connectivity index (χ0) is 32.7. The lowest BCUT2D eigenvalue weighted by molar-refractivity contribution is -0.154. The van der Waals surface area contributed by atoms with Gasteiger partial charge in [-0.05, 0) is 70.6 Å². The van der Waals surface area contributed by atoms with Crippen LogP contribution >= 0.6 is 0 Å². The molecule has 0 aromatic carbocycles. The average molecular weight is 633 g/mol. The molecule has 0 aliphatic carbocycles. The summed E-state index contributed by atoms with van der Waals surface area (Å²) in [5, 5.41) is 9.57. The van der Waals surface area contributed by atoms with Gasteiger partial charge in [-0.2, -0.15) is 0 Å². The summed E-state index contributed by atoms with van der Waals surface area (Å²) in [5.41, 5.74) is 0. The third-order valence-electron chi connectivity index (χ3n) is 8.44. The number of carbonyl (C=O) groups is 1. The fourth-order valence-electron chi connectivity index (χ4n) is 5.47. The van der Waals surface area contributed by atoms with Crippen LogP contribution in [0.2, 0.25) is 0 Å². The summed E-state index contributed by atoms with van der Waals surface area (Å²) < 4.78 is 11.1. The van der Waals surface area contributed by atoms with E-state index >= 15 is 0 Å². The maximum Gasteiger partial charge on any atom is 0.306 e. The van der Waals surface area contributed by atoms with Gasteiger partial charge in [0.25, 0.3) is 0 Å². The Bertz CT molecular complexity index is 668. The van der Waals surface area contributed by atoms with Crippen molar-refractivity contribution in [2.75, 3.05) is 19.8 Å². The number of rotatable bonds is 36. The molecule has 0 aromatic heterocycles. The Morgan fingerprint density at radius 1 is 0.533 bits per heavy atom. The molecule has 0 saturated carbocycles. The van der Waals surface area contributed by atoms with Gasteiger partial charge >= 0.3 is 5.97 Å². The van der Waals surface area contributed by atoms with Gasteiger partial charge in [-0.25, -0.2) is 0 Å². The third-order valence-corrected chi connectivity index (χ3v) is 8.44. The molecule has 0 saturated heterocycles. The summed E-state index contributed by atoms with van der Waals surface area (Å²) in [5.74, 6) is -0.211. The summed E-state index contributed by atoms with van der Waals surface area (Å²) >= 11 is 0. The van der Waals surface area contributed by atoms with Crippen LogP contribution in [0.3, 0.4) is 0 Å². The summed E-state index contributed by atoms with van der Waals surface area (Å²) in [6.07, 6.45) is 47.6. The molecule has 264 valence electrons. The van der Waals surface area contributed by atoms with Crippen LogP contribution in [-0.4, -0.2) is 37.0 Å². The first-order chi connectivity index (χ1) is 22.2. The highest BCUT2D eigenvalue weighted by atomic mass is 16.6. The fraction of sp³-hybridized carbons (Fsp3) is 0.829. The van der Waals surface area contributed by atoms with Crippen LogP contribution in [0.25, 0.3) is 0 Å². The van der Waals surface area contributed by atoms with Crippen LogP contribution < -0.4 is 0 Å². The quantitative estimate of drug-likeness (QED) is 0.0424. The highest BCUT2D eigenvalue weighted by Gasteiger charge is 2.13. The topological polar surface area (TPSA) is 55.8 Å². The van der Waals surface area contributed by atoms with E-state index in [1.54, 1.807) is 0 Å². The molecule has 4 heteroatoms. The van der Waals surface area contributed by atoms with Crippen molar-refractivity contribution in [3.8, 4) is 0 Å². The first-order valence-corrected chi connectivity index (χ1v) is 19.6. The lowest BCUT2D eigenvalue weighted by atomic mass is 10.1. The minimum atomic E-state index is -0.539. The van der Waals surface area contributed by atoms with E-state index in [4.69, 9.17) is 9.47 Å². The monoisotopic (exact) mass is 633 g/mol. The lowest BCUT2D eigenvalue weighted by Gasteiger charge is -2.15. The van der Waals surface area contributed by atoms with Crippen molar-refractivity contribution in [2.45, 2.75) is 200 Å². The molecule has 0 heterocycles. The number of hydrogen-bond donors (Lipinski definition) is 1. The highest BCUT2D eigenvalue weighted by molar-refractivity contribution is 5.69. The average Bonchev–Trinajstić information content (AvgIpc) is 3.05. The van der Waals surface area contributed by atoms with Crippen molar-refractivity contribution >= 4 is 5.97 Å². The number of esters is 1. The van der Waals surface area contributed by atoms with Gasteiger partial charge in [0.1, 0.15) is 6.10 Å². The normalized spacial score (nSPS) is 12.7. The number of aliphatic hydroxyl groups is 1. The molecule has 0 aliphatic rings. The van der Waals surface area contributed by atoms with E-state index in [2.05, 4.69) is 50.3 Å². The Morgan fingerprint density at radius 3 is 1.44 bits per heavy atom. The van der Waals surface area contributed by atoms with Crippen molar-refractivity contribution in [3.63, 3.8) is 0 Å². The summed E-state index contributed by atoms with van der Waals surface area (Å²) in [4.78, 5) is 12.2. The SMILES string of the molecule is CCCCC/C=C\C/C=C\CCCCCCCCCC(=O)OC(CO)COCCCCCCCC/C=C\CCCCCCCC. The maximum atomic E-state index is 12.2. The number of unbranched alkanes of at least 4 members (excludes halogenated alkanes) is 22. The smallest absolute Gasteiger partial charge is 0.306 e. The predicted octanol–water partition coefficient (Wildman–Crippen LogP) is 12.5. The van der Waals surface area contributed by atoms with Crippen LogP contribution in [-0.2, 0) is 14.3 Å². The van der Waals surface area contributed by atoms with E-state index in [-0.39, 0.29) is 19.2 Å². The summed E-state index contributed by atoms with van der Waals surface area (Å²) in [6, 6.07) is 0. The lowest BCUT2D eigenvalue weighted by Crippen LogP contribution is -2.27. The van der Waals surface area contributed by atoms with Crippen molar-refractivity contribution in [1.82, 2.24) is 0 Å². The van der Waals surface area contributed by atoms with Crippen LogP contribution in [0.4, 0.5) is 0 Å². The molecule has 0 fully saturated rings. The molecule has 1 atom stereocenters. The van der Waals surface area contributed by atoms with Gasteiger partial charge in [0.15, 0.2) is 0 Å². The summed E-state index contributed by atoms with van der Waals surface area (Å²) in [7, 11) is 0. The van der Waals surface area contributed by atoms with Crippen molar-refractivity contribution in [1.29, 1.82) is 0 Å². The second kappa shape index (κ2) is 38.8. The van der Waals surface area contributed by atoms with Gasteiger partial charge in [-0.3, -0.25) is 4.79 Å². The van der Waals surface area contributed by atoms with Crippen molar-refractivity contribution in [2.24, 2.45) is 0 Å². The molecule has 1 unspecified atom stereocenters. The highest BCUT2D eigenvalue weighted by Crippen LogP contribution is 2.12. The van der Waals surface area contributed by atoms with E-state index in [1.165, 1.54) is 148 Å². The fourth-order valence-corrected chi connectivity index (χ4v) is 5.47. The second-order valence-corrected chi connectivity index (χ2v) is 13.0. The van der Waals surface area contributed by atoms with Crippen molar-refractivity contribution in [3.05, 3.63) is 36.5 Å². The Balaban J connectivity index is 3.46. The Labute approximate surface area is 280 Å². The van der Waals surface area contributed by atoms with E-state index in [0.717, 1.165) is 25.7 Å². The molecule has 0 amide bonds. The molecule has 0 aromatic rings. The van der Waals surface area contributed by atoms with E-state index in [9.17, 15) is 9.90 Å².